The smallest absolute Gasteiger partial charge is 0.258 e. The van der Waals surface area contributed by atoms with Gasteiger partial charge in [0.2, 0.25) is 10.0 Å². The maximum Gasteiger partial charge on any atom is 0.258 e. The second-order valence-electron chi connectivity index (χ2n) is 3.33. The van der Waals surface area contributed by atoms with Gasteiger partial charge in [-0.3, -0.25) is 10.0 Å². The highest BCUT2D eigenvalue weighted by Crippen LogP contribution is 2.16. The Labute approximate surface area is 99.2 Å². The summed E-state index contributed by atoms with van der Waals surface area (Å²) < 4.78 is 30.4. The normalized spacial score (nSPS) is 19.9. The Bertz CT molecular complexity index is 440. The Kier molecular flexibility index (Phi) is 4.82. The molecular weight excluding hydrogens is 248 g/mol. The van der Waals surface area contributed by atoms with Crippen LogP contribution in [-0.2, 0) is 19.6 Å². The molecule has 0 saturated heterocycles. The van der Waals surface area contributed by atoms with Gasteiger partial charge in [0, 0.05) is 7.11 Å². The molecule has 0 aromatic rings. The third kappa shape index (κ3) is 3.93. The van der Waals surface area contributed by atoms with E-state index in [4.69, 9.17) is 9.94 Å². The fourth-order valence-corrected chi connectivity index (χ4v) is 2.30. The van der Waals surface area contributed by atoms with Crippen molar-refractivity contribution in [1.82, 2.24) is 10.2 Å². The van der Waals surface area contributed by atoms with Crippen LogP contribution < -0.4 is 10.2 Å². The molecule has 0 spiro atoms. The number of methoxy groups -OCH3 is 1. The molecule has 0 aliphatic heterocycles. The summed E-state index contributed by atoms with van der Waals surface area (Å²) in [6.07, 6.45) is 4.87. The van der Waals surface area contributed by atoms with Crippen molar-refractivity contribution in [2.75, 3.05) is 13.7 Å². The molecule has 0 radical (unpaired) electrons. The zero-order chi connectivity index (χ0) is 12.9. The minimum Gasteiger partial charge on any atom is -0.377 e. The van der Waals surface area contributed by atoms with Crippen molar-refractivity contribution in [3.8, 4) is 0 Å². The quantitative estimate of drug-likeness (QED) is 0.447. The second-order valence-corrected chi connectivity index (χ2v) is 5.10. The van der Waals surface area contributed by atoms with Gasteiger partial charge < -0.3 is 4.74 Å². The first-order valence-electron chi connectivity index (χ1n) is 4.83. The fourth-order valence-electron chi connectivity index (χ4n) is 1.24. The van der Waals surface area contributed by atoms with Gasteiger partial charge in [-0.2, -0.15) is 0 Å². The van der Waals surface area contributed by atoms with Crippen LogP contribution in [0, 0.1) is 0 Å². The average molecular weight is 262 g/mol. The molecule has 0 bridgehead atoms. The van der Waals surface area contributed by atoms with E-state index < -0.39 is 22.5 Å². The number of ether oxygens (including phenoxy) is 1. The van der Waals surface area contributed by atoms with Crippen LogP contribution in [0.5, 0.6) is 0 Å². The predicted molar refractivity (Wildman–Crippen MR) is 59.5 cm³/mol. The Balaban J connectivity index is 2.64. The largest absolute Gasteiger partial charge is 0.377 e. The van der Waals surface area contributed by atoms with Crippen LogP contribution in [0.25, 0.3) is 0 Å². The average Bonchev–Trinajstić information content (AvgIpc) is 2.36. The van der Waals surface area contributed by atoms with Crippen LogP contribution in [0.3, 0.4) is 0 Å². The maximum absolute atomic E-state index is 11.7. The van der Waals surface area contributed by atoms with Crippen LogP contribution >= 0.6 is 0 Å². The summed E-state index contributed by atoms with van der Waals surface area (Å²) in [5.74, 6) is -0.830. The van der Waals surface area contributed by atoms with Crippen molar-refractivity contribution in [2.45, 2.75) is 12.5 Å². The van der Waals surface area contributed by atoms with Gasteiger partial charge in [0.25, 0.3) is 5.91 Å². The third-order valence-corrected chi connectivity index (χ3v) is 3.63. The number of carbonyl (C=O) groups is 1. The Morgan fingerprint density at radius 2 is 2.35 bits per heavy atom. The number of hydrogen-bond acceptors (Lipinski definition) is 5. The highest BCUT2D eigenvalue weighted by atomic mass is 32.2. The molecule has 1 aliphatic rings. The van der Waals surface area contributed by atoms with Crippen LogP contribution in [0.1, 0.15) is 6.42 Å². The van der Waals surface area contributed by atoms with Crippen molar-refractivity contribution in [3.05, 3.63) is 23.1 Å². The van der Waals surface area contributed by atoms with Crippen molar-refractivity contribution < 1.29 is 23.2 Å². The van der Waals surface area contributed by atoms with Crippen molar-refractivity contribution in [1.29, 1.82) is 0 Å². The predicted octanol–water partition coefficient (Wildman–Crippen LogP) is -0.730. The monoisotopic (exact) mass is 262 g/mol. The number of carbonyl (C=O) groups excluding carboxylic acids is 1. The summed E-state index contributed by atoms with van der Waals surface area (Å²) in [5, 5.41) is 8.23. The van der Waals surface area contributed by atoms with Crippen LogP contribution in [0.4, 0.5) is 0 Å². The summed E-state index contributed by atoms with van der Waals surface area (Å²) in [4.78, 5) is 10.8. The van der Waals surface area contributed by atoms with E-state index in [-0.39, 0.29) is 11.0 Å². The highest BCUT2D eigenvalue weighted by Gasteiger charge is 2.19. The first-order chi connectivity index (χ1) is 7.99. The summed E-state index contributed by atoms with van der Waals surface area (Å²) >= 11 is 0. The van der Waals surface area contributed by atoms with Gasteiger partial charge in [0.15, 0.2) is 0 Å². The molecule has 96 valence electrons. The van der Waals surface area contributed by atoms with Crippen molar-refractivity contribution in [3.63, 3.8) is 0 Å². The lowest BCUT2D eigenvalue weighted by Gasteiger charge is -2.14. The van der Waals surface area contributed by atoms with Crippen molar-refractivity contribution in [2.24, 2.45) is 0 Å². The molecule has 7 nitrogen and oxygen atoms in total. The maximum atomic E-state index is 11.7. The molecule has 1 rings (SSSR count). The molecule has 0 aromatic carbocycles. The third-order valence-electron chi connectivity index (χ3n) is 2.19. The number of allylic oxidation sites excluding steroid dienone is 1. The number of hydrogen-bond donors (Lipinski definition) is 3. The van der Waals surface area contributed by atoms with E-state index in [1.807, 2.05) is 0 Å². The van der Waals surface area contributed by atoms with Gasteiger partial charge in [-0.15, -0.1) is 0 Å². The lowest BCUT2D eigenvalue weighted by Crippen LogP contribution is -2.36. The number of sulfonamides is 1. The van der Waals surface area contributed by atoms with E-state index in [1.165, 1.54) is 24.7 Å². The molecule has 0 unspecified atom stereocenters. The summed E-state index contributed by atoms with van der Waals surface area (Å²) in [6.45, 7) is -0.516. The van der Waals surface area contributed by atoms with Crippen LogP contribution in [0.15, 0.2) is 23.1 Å². The molecule has 3 N–H and O–H groups in total. The molecule has 0 heterocycles. The van der Waals surface area contributed by atoms with Gasteiger partial charge in [-0.1, -0.05) is 12.2 Å². The van der Waals surface area contributed by atoms with E-state index in [0.29, 0.717) is 6.42 Å². The minimum atomic E-state index is -3.72. The first-order valence-corrected chi connectivity index (χ1v) is 6.31. The first kappa shape index (κ1) is 13.8. The molecule has 1 amide bonds. The fraction of sp³-hybridized carbons (Fsp3) is 0.444. The van der Waals surface area contributed by atoms with Crippen LogP contribution in [0.2, 0.25) is 0 Å². The molecule has 8 heteroatoms. The van der Waals surface area contributed by atoms with Gasteiger partial charge in [0.05, 0.1) is 17.6 Å². The van der Waals surface area contributed by atoms with Gasteiger partial charge >= 0.3 is 0 Å². The molecule has 1 aliphatic carbocycles. The second kappa shape index (κ2) is 5.92. The summed E-state index contributed by atoms with van der Waals surface area (Å²) in [5.41, 5.74) is 1.33. The Hall–Kier alpha value is -1.22. The number of hydroxylamine groups is 1. The SMILES string of the molecule is CO[C@H]1C=CC(S(=O)(=O)NCC(=O)NO)=CC1. The minimum absolute atomic E-state index is 0.0801. The number of nitrogens with one attached hydrogen (secondary N) is 2. The molecular formula is C9H14N2O5S. The number of amides is 1. The summed E-state index contributed by atoms with van der Waals surface area (Å²) in [6, 6.07) is 0. The molecule has 0 fully saturated rings. The van der Waals surface area contributed by atoms with Gasteiger partial charge in [-0.25, -0.2) is 18.6 Å². The standard InChI is InChI=1S/C9H14N2O5S/c1-16-7-2-4-8(5-3-7)17(14,15)10-6-9(12)11-13/h2,4-5,7,10,13H,3,6H2,1H3,(H,11,12)/t7-/m0/s1. The Morgan fingerprint density at radius 3 is 2.82 bits per heavy atom. The van der Waals surface area contributed by atoms with E-state index in [1.54, 1.807) is 6.08 Å². The topological polar surface area (TPSA) is 105 Å². The van der Waals surface area contributed by atoms with Crippen LogP contribution in [-0.4, -0.2) is 39.3 Å². The van der Waals surface area contributed by atoms with Gasteiger partial charge in [-0.05, 0) is 12.5 Å². The van der Waals surface area contributed by atoms with Crippen molar-refractivity contribution >= 4 is 15.9 Å². The molecule has 1 atom stereocenters. The molecule has 17 heavy (non-hydrogen) atoms. The van der Waals surface area contributed by atoms with E-state index in [0.717, 1.165) is 0 Å². The van der Waals surface area contributed by atoms with E-state index >= 15 is 0 Å². The lowest BCUT2D eigenvalue weighted by molar-refractivity contribution is -0.127. The highest BCUT2D eigenvalue weighted by molar-refractivity contribution is 7.93. The summed E-state index contributed by atoms with van der Waals surface area (Å²) in [7, 11) is -2.19. The lowest BCUT2D eigenvalue weighted by atomic mass is 10.1. The Morgan fingerprint density at radius 1 is 1.65 bits per heavy atom. The van der Waals surface area contributed by atoms with E-state index in [9.17, 15) is 13.2 Å². The molecule has 0 aromatic heterocycles. The molecule has 0 saturated carbocycles. The zero-order valence-electron chi connectivity index (χ0n) is 9.21. The zero-order valence-corrected chi connectivity index (χ0v) is 10.0. The van der Waals surface area contributed by atoms with E-state index in [2.05, 4.69) is 4.72 Å². The number of rotatable bonds is 5. The van der Waals surface area contributed by atoms with Gasteiger partial charge in [0.1, 0.15) is 0 Å².